The molecule has 112 valence electrons. The van der Waals surface area contributed by atoms with Crippen LogP contribution in [0.15, 0.2) is 30.3 Å². The lowest BCUT2D eigenvalue weighted by molar-refractivity contribution is -0.130. The first kappa shape index (κ1) is 16.6. The van der Waals surface area contributed by atoms with Gasteiger partial charge in [-0.15, -0.1) is 0 Å². The van der Waals surface area contributed by atoms with Crippen LogP contribution in [0.4, 0.5) is 0 Å². The fourth-order valence-electron chi connectivity index (χ4n) is 1.55. The Hall–Kier alpha value is -1.44. The molecule has 0 bridgehead atoms. The van der Waals surface area contributed by atoms with Crippen LogP contribution in [-0.2, 0) is 21.5 Å². The zero-order valence-corrected chi connectivity index (χ0v) is 12.9. The molecule has 0 unspecified atom stereocenters. The Kier molecular flexibility index (Phi) is 6.12. The summed E-state index contributed by atoms with van der Waals surface area (Å²) in [5, 5.41) is 0. The molecule has 0 aliphatic rings. The molecule has 1 aromatic carbocycles. The van der Waals surface area contributed by atoms with Crippen LogP contribution in [0.5, 0.6) is 0 Å². The van der Waals surface area contributed by atoms with Gasteiger partial charge in [0, 0.05) is 40.7 Å². The van der Waals surface area contributed by atoms with Crippen LogP contribution in [-0.4, -0.2) is 51.2 Å². The predicted molar refractivity (Wildman–Crippen MR) is 78.1 cm³/mol. The molecule has 0 radical (unpaired) electrons. The van der Waals surface area contributed by atoms with E-state index in [0.717, 1.165) is 9.87 Å². The van der Waals surface area contributed by atoms with E-state index in [2.05, 4.69) is 4.72 Å². The second-order valence-electron chi connectivity index (χ2n) is 4.67. The van der Waals surface area contributed by atoms with Crippen molar-refractivity contribution in [3.63, 3.8) is 0 Å². The largest absolute Gasteiger partial charge is 0.341 e. The van der Waals surface area contributed by atoms with Crippen molar-refractivity contribution < 1.29 is 13.2 Å². The maximum atomic E-state index is 11.9. The highest BCUT2D eigenvalue weighted by Crippen LogP contribution is 2.03. The average molecular weight is 299 g/mol. The smallest absolute Gasteiger partial charge is 0.278 e. The van der Waals surface area contributed by atoms with Crippen molar-refractivity contribution in [1.82, 2.24) is 13.9 Å². The molecule has 0 aromatic heterocycles. The summed E-state index contributed by atoms with van der Waals surface area (Å²) in [4.78, 5) is 13.5. The zero-order valence-electron chi connectivity index (χ0n) is 12.0. The van der Waals surface area contributed by atoms with Gasteiger partial charge in [0.15, 0.2) is 0 Å². The van der Waals surface area contributed by atoms with E-state index in [1.807, 2.05) is 30.3 Å². The van der Waals surface area contributed by atoms with Gasteiger partial charge in [0.25, 0.3) is 10.2 Å². The zero-order chi connectivity index (χ0) is 15.2. The van der Waals surface area contributed by atoms with Crippen molar-refractivity contribution >= 4 is 16.1 Å². The van der Waals surface area contributed by atoms with Gasteiger partial charge in [-0.2, -0.15) is 12.7 Å². The summed E-state index contributed by atoms with van der Waals surface area (Å²) >= 11 is 0. The lowest BCUT2D eigenvalue weighted by Crippen LogP contribution is -2.38. The van der Waals surface area contributed by atoms with Crippen LogP contribution in [0.1, 0.15) is 12.0 Å². The Morgan fingerprint density at radius 1 is 1.15 bits per heavy atom. The van der Waals surface area contributed by atoms with E-state index in [1.54, 1.807) is 11.9 Å². The maximum absolute atomic E-state index is 11.9. The molecule has 6 nitrogen and oxygen atoms in total. The molecule has 0 saturated carbocycles. The lowest BCUT2D eigenvalue weighted by Gasteiger charge is -2.18. The number of hydrogen-bond donors (Lipinski definition) is 1. The molecule has 0 saturated heterocycles. The number of rotatable bonds is 7. The normalized spacial score (nSPS) is 11.6. The molecule has 0 atom stereocenters. The molecule has 0 heterocycles. The monoisotopic (exact) mass is 299 g/mol. The van der Waals surface area contributed by atoms with Crippen molar-refractivity contribution in [1.29, 1.82) is 0 Å². The Bertz CT molecular complexity index is 529. The summed E-state index contributed by atoms with van der Waals surface area (Å²) < 4.78 is 26.4. The molecule has 7 heteroatoms. The van der Waals surface area contributed by atoms with Gasteiger partial charge in [0.2, 0.25) is 5.91 Å². The number of amides is 1. The third-order valence-electron chi connectivity index (χ3n) is 2.79. The highest BCUT2D eigenvalue weighted by atomic mass is 32.2. The third kappa shape index (κ3) is 5.28. The minimum atomic E-state index is -3.47. The summed E-state index contributed by atoms with van der Waals surface area (Å²) in [5.74, 6) is -0.102. The molecule has 0 aliphatic carbocycles. The van der Waals surface area contributed by atoms with Gasteiger partial charge in [-0.25, -0.2) is 4.72 Å². The number of hydrogen-bond acceptors (Lipinski definition) is 3. The number of carbonyl (C=O) groups is 1. The van der Waals surface area contributed by atoms with Gasteiger partial charge in [-0.05, 0) is 5.56 Å². The highest BCUT2D eigenvalue weighted by Gasteiger charge is 2.14. The Morgan fingerprint density at radius 2 is 1.75 bits per heavy atom. The summed E-state index contributed by atoms with van der Waals surface area (Å²) in [5.41, 5.74) is 1.04. The predicted octanol–water partition coefficient (Wildman–Crippen LogP) is 0.431. The molecular weight excluding hydrogens is 278 g/mol. The van der Waals surface area contributed by atoms with Crippen LogP contribution in [0.25, 0.3) is 0 Å². The average Bonchev–Trinajstić information content (AvgIpc) is 2.39. The van der Waals surface area contributed by atoms with Crippen molar-refractivity contribution in [2.75, 3.05) is 27.7 Å². The van der Waals surface area contributed by atoms with Crippen molar-refractivity contribution in [3.8, 4) is 0 Å². The molecule has 1 amide bonds. The quantitative estimate of drug-likeness (QED) is 0.794. The first-order valence-corrected chi connectivity index (χ1v) is 7.72. The van der Waals surface area contributed by atoms with Gasteiger partial charge in [0.05, 0.1) is 0 Å². The standard InChI is InChI=1S/C13H21N3O3S/c1-15(2)20(18,19)14-10-9-13(17)16(3)11-12-7-5-4-6-8-12/h4-8,14H,9-11H2,1-3H3. The minimum Gasteiger partial charge on any atom is -0.341 e. The number of nitrogens with zero attached hydrogens (tertiary/aromatic N) is 2. The molecular formula is C13H21N3O3S. The van der Waals surface area contributed by atoms with E-state index < -0.39 is 10.2 Å². The van der Waals surface area contributed by atoms with Gasteiger partial charge >= 0.3 is 0 Å². The van der Waals surface area contributed by atoms with Crippen LogP contribution < -0.4 is 4.72 Å². The lowest BCUT2D eigenvalue weighted by atomic mass is 10.2. The van der Waals surface area contributed by atoms with E-state index in [0.29, 0.717) is 6.54 Å². The van der Waals surface area contributed by atoms with E-state index in [9.17, 15) is 13.2 Å². The van der Waals surface area contributed by atoms with Crippen LogP contribution >= 0.6 is 0 Å². The highest BCUT2D eigenvalue weighted by molar-refractivity contribution is 7.87. The van der Waals surface area contributed by atoms with Crippen LogP contribution in [0.3, 0.4) is 0 Å². The summed E-state index contributed by atoms with van der Waals surface area (Å²) in [7, 11) is 1.11. The van der Waals surface area contributed by atoms with Gasteiger partial charge in [-0.3, -0.25) is 4.79 Å². The van der Waals surface area contributed by atoms with Crippen molar-refractivity contribution in [2.45, 2.75) is 13.0 Å². The third-order valence-corrected chi connectivity index (χ3v) is 4.32. The first-order valence-electron chi connectivity index (χ1n) is 6.28. The van der Waals surface area contributed by atoms with Crippen molar-refractivity contribution in [3.05, 3.63) is 35.9 Å². The number of carbonyl (C=O) groups excluding carboxylic acids is 1. The fraction of sp³-hybridized carbons (Fsp3) is 0.462. The summed E-state index contributed by atoms with van der Waals surface area (Å²) in [6.45, 7) is 0.610. The molecule has 0 fully saturated rings. The first-order chi connectivity index (χ1) is 9.33. The van der Waals surface area contributed by atoms with Gasteiger partial charge < -0.3 is 4.90 Å². The van der Waals surface area contributed by atoms with Crippen LogP contribution in [0.2, 0.25) is 0 Å². The van der Waals surface area contributed by atoms with E-state index in [1.165, 1.54) is 14.1 Å². The molecule has 0 spiro atoms. The second-order valence-corrected chi connectivity index (χ2v) is 6.64. The minimum absolute atomic E-state index is 0.0957. The van der Waals surface area contributed by atoms with Gasteiger partial charge in [0.1, 0.15) is 0 Å². The maximum Gasteiger partial charge on any atom is 0.278 e. The molecule has 1 N–H and O–H groups in total. The molecule has 20 heavy (non-hydrogen) atoms. The summed E-state index contributed by atoms with van der Waals surface area (Å²) in [6.07, 6.45) is 0.135. The SMILES string of the molecule is CN(Cc1ccccc1)C(=O)CCNS(=O)(=O)N(C)C. The second kappa shape index (κ2) is 7.37. The van der Waals surface area contributed by atoms with E-state index in [4.69, 9.17) is 0 Å². The Morgan fingerprint density at radius 3 is 2.30 bits per heavy atom. The number of nitrogens with one attached hydrogen (secondary N) is 1. The Labute approximate surface area is 120 Å². The van der Waals surface area contributed by atoms with E-state index >= 15 is 0 Å². The summed E-state index contributed by atoms with van der Waals surface area (Å²) in [6, 6.07) is 9.64. The van der Waals surface area contributed by atoms with Gasteiger partial charge in [-0.1, -0.05) is 30.3 Å². The molecule has 0 aliphatic heterocycles. The molecule has 1 aromatic rings. The topological polar surface area (TPSA) is 69.7 Å². The fourth-order valence-corrected chi connectivity index (χ4v) is 2.17. The molecule has 1 rings (SSSR count). The van der Waals surface area contributed by atoms with Crippen molar-refractivity contribution in [2.24, 2.45) is 0 Å². The van der Waals surface area contributed by atoms with E-state index in [-0.39, 0.29) is 18.9 Å². The number of benzene rings is 1. The Balaban J connectivity index is 2.40. The van der Waals surface area contributed by atoms with Crippen LogP contribution in [0, 0.1) is 0 Å².